The average molecular weight is 502 g/mol. The summed E-state index contributed by atoms with van der Waals surface area (Å²) in [6.07, 6.45) is 1.15. The fraction of sp³-hybridized carbons (Fsp3) is 0.667. The van der Waals surface area contributed by atoms with Gasteiger partial charge in [-0.1, -0.05) is 24.3 Å². The van der Waals surface area contributed by atoms with Crippen LogP contribution in [0.5, 0.6) is 0 Å². The van der Waals surface area contributed by atoms with E-state index in [0.29, 0.717) is 12.5 Å². The molecular weight excluding hydrogens is 467 g/mol. The van der Waals surface area contributed by atoms with Gasteiger partial charge in [0.05, 0.1) is 26.4 Å². The van der Waals surface area contributed by atoms with Crippen LogP contribution in [0.2, 0.25) is 0 Å². The predicted molar refractivity (Wildman–Crippen MR) is 124 cm³/mol. The van der Waals surface area contributed by atoms with Gasteiger partial charge in [-0.2, -0.15) is 0 Å². The highest BCUT2D eigenvalue weighted by Gasteiger charge is 2.19. The lowest BCUT2D eigenvalue weighted by atomic mass is 10.1. The number of halogens is 1. The van der Waals surface area contributed by atoms with E-state index in [1.54, 1.807) is 0 Å². The van der Waals surface area contributed by atoms with E-state index < -0.39 is 0 Å². The Bertz CT molecular complexity index is 602. The molecule has 0 saturated carbocycles. The maximum atomic E-state index is 5.50. The third kappa shape index (κ3) is 7.50. The van der Waals surface area contributed by atoms with Gasteiger partial charge in [-0.3, -0.25) is 4.90 Å². The molecule has 0 aliphatic carbocycles. The van der Waals surface area contributed by atoms with E-state index in [4.69, 9.17) is 14.5 Å². The minimum Gasteiger partial charge on any atom is -0.381 e. The molecule has 1 aromatic rings. The molecule has 0 radical (unpaired) electrons. The maximum Gasteiger partial charge on any atom is 0.193 e. The highest BCUT2D eigenvalue weighted by molar-refractivity contribution is 14.0. The molecule has 7 heteroatoms. The molecule has 2 aliphatic rings. The Morgan fingerprint density at radius 3 is 2.71 bits per heavy atom. The Hall–Kier alpha value is -0.900. The summed E-state index contributed by atoms with van der Waals surface area (Å²) in [4.78, 5) is 9.56. The molecule has 0 spiro atoms. The van der Waals surface area contributed by atoms with E-state index in [2.05, 4.69) is 53.4 Å². The van der Waals surface area contributed by atoms with E-state index >= 15 is 0 Å². The summed E-state index contributed by atoms with van der Waals surface area (Å²) >= 11 is 0. The molecule has 1 atom stereocenters. The Balaban J connectivity index is 0.00000280. The van der Waals surface area contributed by atoms with Crippen LogP contribution in [-0.2, 0) is 22.6 Å². The van der Waals surface area contributed by atoms with Gasteiger partial charge < -0.3 is 19.7 Å². The maximum absolute atomic E-state index is 5.50. The summed E-state index contributed by atoms with van der Waals surface area (Å²) in [6, 6.07) is 8.81. The number of guanidine groups is 1. The van der Waals surface area contributed by atoms with Gasteiger partial charge in [0.15, 0.2) is 5.96 Å². The zero-order valence-corrected chi connectivity index (χ0v) is 19.6. The van der Waals surface area contributed by atoms with Crippen molar-refractivity contribution in [1.82, 2.24) is 15.1 Å². The van der Waals surface area contributed by atoms with Crippen molar-refractivity contribution in [1.29, 1.82) is 0 Å². The predicted octanol–water partition coefficient (Wildman–Crippen LogP) is 2.57. The van der Waals surface area contributed by atoms with Crippen molar-refractivity contribution in [2.75, 3.05) is 59.7 Å². The third-order valence-electron chi connectivity index (χ3n) is 5.17. The number of benzene rings is 1. The normalized spacial score (nSPS) is 20.6. The van der Waals surface area contributed by atoms with Crippen molar-refractivity contribution >= 4 is 29.9 Å². The highest BCUT2D eigenvalue weighted by atomic mass is 127. The molecule has 1 aromatic carbocycles. The molecule has 6 nitrogen and oxygen atoms in total. The fourth-order valence-electron chi connectivity index (χ4n) is 3.68. The first kappa shape index (κ1) is 23.4. The van der Waals surface area contributed by atoms with Crippen molar-refractivity contribution in [2.45, 2.75) is 26.4 Å². The smallest absolute Gasteiger partial charge is 0.193 e. The van der Waals surface area contributed by atoms with E-state index in [-0.39, 0.29) is 24.0 Å². The minimum absolute atomic E-state index is 0. The van der Waals surface area contributed by atoms with Crippen LogP contribution in [0.3, 0.4) is 0 Å². The molecule has 28 heavy (non-hydrogen) atoms. The van der Waals surface area contributed by atoms with Gasteiger partial charge in [0.1, 0.15) is 0 Å². The number of hydrogen-bond donors (Lipinski definition) is 1. The van der Waals surface area contributed by atoms with E-state index in [9.17, 15) is 0 Å². The zero-order valence-electron chi connectivity index (χ0n) is 17.2. The second-order valence-electron chi connectivity index (χ2n) is 7.49. The van der Waals surface area contributed by atoms with Crippen molar-refractivity contribution in [3.8, 4) is 0 Å². The van der Waals surface area contributed by atoms with Gasteiger partial charge in [0, 0.05) is 52.3 Å². The molecule has 2 heterocycles. The number of rotatable bonds is 7. The lowest BCUT2D eigenvalue weighted by Gasteiger charge is -2.26. The number of ether oxygens (including phenoxy) is 2. The molecule has 3 rings (SSSR count). The Labute approximate surface area is 186 Å². The van der Waals surface area contributed by atoms with Crippen molar-refractivity contribution < 1.29 is 9.47 Å². The number of nitrogens with zero attached hydrogens (tertiary/aromatic N) is 3. The van der Waals surface area contributed by atoms with Crippen LogP contribution in [0.4, 0.5) is 0 Å². The van der Waals surface area contributed by atoms with Gasteiger partial charge in [0.2, 0.25) is 0 Å². The van der Waals surface area contributed by atoms with Crippen LogP contribution in [0, 0.1) is 5.92 Å². The Morgan fingerprint density at radius 2 is 2.00 bits per heavy atom. The highest BCUT2D eigenvalue weighted by Crippen LogP contribution is 2.14. The van der Waals surface area contributed by atoms with Crippen molar-refractivity contribution in [3.05, 3.63) is 35.4 Å². The van der Waals surface area contributed by atoms with E-state index in [0.717, 1.165) is 71.5 Å². The van der Waals surface area contributed by atoms with Gasteiger partial charge in [0.25, 0.3) is 0 Å². The fourth-order valence-corrected chi connectivity index (χ4v) is 3.68. The molecule has 0 amide bonds. The first-order chi connectivity index (χ1) is 13.2. The Kier molecular flexibility index (Phi) is 10.5. The summed E-state index contributed by atoms with van der Waals surface area (Å²) in [5.74, 6) is 1.58. The second kappa shape index (κ2) is 12.6. The van der Waals surface area contributed by atoms with Crippen LogP contribution in [-0.4, -0.2) is 75.4 Å². The van der Waals surface area contributed by atoms with Crippen LogP contribution < -0.4 is 5.32 Å². The van der Waals surface area contributed by atoms with Crippen LogP contribution in [0.15, 0.2) is 29.3 Å². The third-order valence-corrected chi connectivity index (χ3v) is 5.17. The topological polar surface area (TPSA) is 49.3 Å². The molecule has 158 valence electrons. The summed E-state index contributed by atoms with van der Waals surface area (Å²) < 4.78 is 10.9. The van der Waals surface area contributed by atoms with Gasteiger partial charge in [-0.25, -0.2) is 4.99 Å². The molecule has 1 unspecified atom stereocenters. The SMILES string of the molecule is CCNC(=NCc1cccc(CN2CCOCC2)c1)N(C)CC1CCOC1.I. The number of hydrogen-bond acceptors (Lipinski definition) is 4. The first-order valence-electron chi connectivity index (χ1n) is 10.2. The first-order valence-corrected chi connectivity index (χ1v) is 10.2. The summed E-state index contributed by atoms with van der Waals surface area (Å²) in [7, 11) is 2.12. The number of morpholine rings is 1. The van der Waals surface area contributed by atoms with Crippen LogP contribution in [0.1, 0.15) is 24.5 Å². The summed E-state index contributed by atoms with van der Waals surface area (Å²) in [6.45, 7) is 11.1. The van der Waals surface area contributed by atoms with Crippen LogP contribution >= 0.6 is 24.0 Å². The van der Waals surface area contributed by atoms with Gasteiger partial charge >= 0.3 is 0 Å². The summed E-state index contributed by atoms with van der Waals surface area (Å²) in [5, 5.41) is 3.42. The molecule has 0 bridgehead atoms. The largest absolute Gasteiger partial charge is 0.381 e. The van der Waals surface area contributed by atoms with Crippen molar-refractivity contribution in [2.24, 2.45) is 10.9 Å². The average Bonchev–Trinajstić information content (AvgIpc) is 3.19. The Morgan fingerprint density at radius 1 is 1.21 bits per heavy atom. The van der Waals surface area contributed by atoms with Crippen molar-refractivity contribution in [3.63, 3.8) is 0 Å². The lowest BCUT2D eigenvalue weighted by molar-refractivity contribution is 0.0342. The van der Waals surface area contributed by atoms with E-state index in [1.165, 1.54) is 11.1 Å². The molecule has 2 aliphatic heterocycles. The monoisotopic (exact) mass is 502 g/mol. The van der Waals surface area contributed by atoms with Gasteiger partial charge in [-0.15, -0.1) is 24.0 Å². The molecule has 2 fully saturated rings. The molecular formula is C21H35IN4O2. The molecule has 2 saturated heterocycles. The molecule has 0 aromatic heterocycles. The van der Waals surface area contributed by atoms with E-state index in [1.807, 2.05) is 0 Å². The lowest BCUT2D eigenvalue weighted by Crippen LogP contribution is -2.41. The quantitative estimate of drug-likeness (QED) is 0.353. The number of aliphatic imine (C=N–C) groups is 1. The number of nitrogens with one attached hydrogen (secondary N) is 1. The minimum atomic E-state index is 0. The van der Waals surface area contributed by atoms with Gasteiger partial charge in [-0.05, 0) is 24.5 Å². The second-order valence-corrected chi connectivity index (χ2v) is 7.49. The molecule has 1 N–H and O–H groups in total. The summed E-state index contributed by atoms with van der Waals surface area (Å²) in [5.41, 5.74) is 2.61. The van der Waals surface area contributed by atoms with Crippen LogP contribution in [0.25, 0.3) is 0 Å². The zero-order chi connectivity index (χ0) is 18.9. The standard InChI is InChI=1S/C21H34N4O2.HI/c1-3-22-21(24(2)15-20-7-10-27-17-20)23-14-18-5-4-6-19(13-18)16-25-8-11-26-12-9-25;/h4-6,13,20H,3,7-12,14-17H2,1-2H3,(H,22,23);1H.